The second-order valence-corrected chi connectivity index (χ2v) is 2.96. The standard InChI is InChI=1S/C9H6N4O2/c10-3-4-12-9-5-8(13(14)15)2-1-7(9)6-11-12/h1-2,5-6H,4H2. The second kappa shape index (κ2) is 3.38. The first-order valence-corrected chi connectivity index (χ1v) is 4.19. The fraction of sp³-hybridized carbons (Fsp3) is 0.111. The van der Waals surface area contributed by atoms with E-state index in [1.807, 2.05) is 6.07 Å². The summed E-state index contributed by atoms with van der Waals surface area (Å²) in [5, 5.41) is 23.8. The molecule has 0 spiro atoms. The number of nitro benzene ring substituents is 1. The van der Waals surface area contributed by atoms with Crippen molar-refractivity contribution in [3.63, 3.8) is 0 Å². The van der Waals surface area contributed by atoms with Crippen LogP contribution in [0.3, 0.4) is 0 Å². The number of nitriles is 1. The third-order valence-electron chi connectivity index (χ3n) is 2.06. The number of nitrogens with zero attached hydrogens (tertiary/aromatic N) is 4. The van der Waals surface area contributed by atoms with Crippen LogP contribution in [-0.2, 0) is 6.54 Å². The van der Waals surface area contributed by atoms with Gasteiger partial charge in [-0.2, -0.15) is 10.4 Å². The molecular weight excluding hydrogens is 196 g/mol. The van der Waals surface area contributed by atoms with Crippen LogP contribution < -0.4 is 0 Å². The van der Waals surface area contributed by atoms with E-state index in [1.165, 1.54) is 16.8 Å². The van der Waals surface area contributed by atoms with Crippen LogP contribution in [0.2, 0.25) is 0 Å². The molecule has 0 saturated heterocycles. The third-order valence-corrected chi connectivity index (χ3v) is 2.06. The molecule has 1 aromatic carbocycles. The lowest BCUT2D eigenvalue weighted by atomic mass is 10.2. The maximum atomic E-state index is 10.5. The van der Waals surface area contributed by atoms with Gasteiger partial charge in [0, 0.05) is 17.5 Å². The van der Waals surface area contributed by atoms with Gasteiger partial charge >= 0.3 is 0 Å². The van der Waals surface area contributed by atoms with E-state index in [0.29, 0.717) is 5.52 Å². The summed E-state index contributed by atoms with van der Waals surface area (Å²) in [6.45, 7) is 0.0880. The molecule has 74 valence electrons. The number of hydrogen-bond donors (Lipinski definition) is 0. The second-order valence-electron chi connectivity index (χ2n) is 2.96. The van der Waals surface area contributed by atoms with Crippen LogP contribution in [0.1, 0.15) is 0 Å². The van der Waals surface area contributed by atoms with Crippen LogP contribution in [0.15, 0.2) is 24.4 Å². The summed E-state index contributed by atoms with van der Waals surface area (Å²) in [7, 11) is 0. The van der Waals surface area contributed by atoms with Crippen molar-refractivity contribution < 1.29 is 4.92 Å². The van der Waals surface area contributed by atoms with Gasteiger partial charge in [0.2, 0.25) is 0 Å². The minimum atomic E-state index is -0.469. The summed E-state index contributed by atoms with van der Waals surface area (Å²) >= 11 is 0. The van der Waals surface area contributed by atoms with Crippen molar-refractivity contribution in [2.45, 2.75) is 6.54 Å². The highest BCUT2D eigenvalue weighted by molar-refractivity contribution is 5.81. The third kappa shape index (κ3) is 1.50. The van der Waals surface area contributed by atoms with Gasteiger partial charge in [-0.05, 0) is 6.07 Å². The average Bonchev–Trinajstić information content (AvgIpc) is 2.61. The van der Waals surface area contributed by atoms with Crippen LogP contribution >= 0.6 is 0 Å². The van der Waals surface area contributed by atoms with Crippen LogP contribution in [0.5, 0.6) is 0 Å². The first-order chi connectivity index (χ1) is 7.22. The molecule has 0 bridgehead atoms. The average molecular weight is 202 g/mol. The van der Waals surface area contributed by atoms with Crippen LogP contribution in [0.4, 0.5) is 5.69 Å². The Morgan fingerprint density at radius 1 is 1.60 bits per heavy atom. The lowest BCUT2D eigenvalue weighted by Crippen LogP contribution is -1.97. The van der Waals surface area contributed by atoms with Crippen molar-refractivity contribution in [1.82, 2.24) is 9.78 Å². The molecule has 6 heteroatoms. The molecule has 0 radical (unpaired) electrons. The van der Waals surface area contributed by atoms with Crippen molar-refractivity contribution in [1.29, 1.82) is 5.26 Å². The van der Waals surface area contributed by atoms with E-state index in [4.69, 9.17) is 5.26 Å². The lowest BCUT2D eigenvalue weighted by Gasteiger charge is -1.96. The molecule has 6 nitrogen and oxygen atoms in total. The number of hydrogen-bond acceptors (Lipinski definition) is 4. The normalized spacial score (nSPS) is 10.1. The van der Waals surface area contributed by atoms with Gasteiger partial charge in [0.1, 0.15) is 6.54 Å². The number of fused-ring (bicyclic) bond motifs is 1. The minimum absolute atomic E-state index is 0.00203. The molecule has 2 aromatic rings. The van der Waals surface area contributed by atoms with E-state index in [9.17, 15) is 10.1 Å². The first kappa shape index (κ1) is 9.15. The van der Waals surface area contributed by atoms with Gasteiger partial charge < -0.3 is 0 Å². The number of aromatic nitrogens is 2. The van der Waals surface area contributed by atoms with Crippen LogP contribution in [0, 0.1) is 21.4 Å². The van der Waals surface area contributed by atoms with Crippen LogP contribution in [-0.4, -0.2) is 14.7 Å². The number of rotatable bonds is 2. The fourth-order valence-corrected chi connectivity index (χ4v) is 1.37. The summed E-state index contributed by atoms with van der Waals surface area (Å²) in [6.07, 6.45) is 1.58. The predicted octanol–water partition coefficient (Wildman–Crippen LogP) is 1.47. The van der Waals surface area contributed by atoms with Crippen molar-refractivity contribution in [2.75, 3.05) is 0 Å². The molecule has 0 atom stereocenters. The first-order valence-electron chi connectivity index (χ1n) is 4.19. The highest BCUT2D eigenvalue weighted by atomic mass is 16.6. The molecule has 0 aliphatic carbocycles. The molecule has 0 aliphatic heterocycles. The zero-order valence-corrected chi connectivity index (χ0v) is 7.62. The molecule has 1 aromatic heterocycles. The van der Waals surface area contributed by atoms with Crippen molar-refractivity contribution in [2.24, 2.45) is 0 Å². The Morgan fingerprint density at radius 3 is 3.07 bits per heavy atom. The van der Waals surface area contributed by atoms with Gasteiger partial charge in [-0.3, -0.25) is 14.8 Å². The Labute approximate surface area is 84.5 Å². The minimum Gasteiger partial charge on any atom is -0.258 e. The maximum absolute atomic E-state index is 10.5. The maximum Gasteiger partial charge on any atom is 0.271 e. The number of non-ortho nitro benzene ring substituents is 1. The molecule has 0 saturated carbocycles. The van der Waals surface area contributed by atoms with E-state index < -0.39 is 4.92 Å². The van der Waals surface area contributed by atoms with Crippen LogP contribution in [0.25, 0.3) is 10.9 Å². The molecule has 0 aliphatic rings. The Morgan fingerprint density at radius 2 is 2.40 bits per heavy atom. The van der Waals surface area contributed by atoms with Gasteiger partial charge in [0.15, 0.2) is 0 Å². The zero-order chi connectivity index (χ0) is 10.8. The molecular formula is C9H6N4O2. The van der Waals surface area contributed by atoms with Crippen molar-refractivity contribution in [3.8, 4) is 6.07 Å². The molecule has 1 heterocycles. The van der Waals surface area contributed by atoms with E-state index in [1.54, 1.807) is 12.3 Å². The highest BCUT2D eigenvalue weighted by Gasteiger charge is 2.09. The number of nitro groups is 1. The monoisotopic (exact) mass is 202 g/mol. The molecule has 0 unspecified atom stereocenters. The molecule has 0 amide bonds. The van der Waals surface area contributed by atoms with Crippen molar-refractivity contribution in [3.05, 3.63) is 34.5 Å². The van der Waals surface area contributed by atoms with Gasteiger partial charge in [0.25, 0.3) is 5.69 Å². The van der Waals surface area contributed by atoms with Gasteiger partial charge in [0.05, 0.1) is 22.7 Å². The fourth-order valence-electron chi connectivity index (χ4n) is 1.37. The summed E-state index contributed by atoms with van der Waals surface area (Å²) < 4.78 is 1.43. The quantitative estimate of drug-likeness (QED) is 0.545. The zero-order valence-electron chi connectivity index (χ0n) is 7.62. The summed E-state index contributed by atoms with van der Waals surface area (Å²) in [6, 6.07) is 6.39. The molecule has 2 rings (SSSR count). The van der Waals surface area contributed by atoms with E-state index in [2.05, 4.69) is 5.10 Å². The molecule has 15 heavy (non-hydrogen) atoms. The highest BCUT2D eigenvalue weighted by Crippen LogP contribution is 2.20. The van der Waals surface area contributed by atoms with Gasteiger partial charge in [-0.25, -0.2) is 0 Å². The Balaban J connectivity index is 2.62. The lowest BCUT2D eigenvalue weighted by molar-refractivity contribution is -0.384. The SMILES string of the molecule is N#CCn1ncc2ccc([N+](=O)[O-])cc21. The summed E-state index contributed by atoms with van der Waals surface area (Å²) in [5.74, 6) is 0. The van der Waals surface area contributed by atoms with E-state index in [0.717, 1.165) is 5.39 Å². The summed E-state index contributed by atoms with van der Waals surface area (Å²) in [4.78, 5) is 10.1. The van der Waals surface area contributed by atoms with Gasteiger partial charge in [-0.15, -0.1) is 0 Å². The molecule has 0 N–H and O–H groups in total. The van der Waals surface area contributed by atoms with Gasteiger partial charge in [-0.1, -0.05) is 0 Å². The Kier molecular flexibility index (Phi) is 2.06. The Bertz CT molecular complexity index is 567. The molecule has 0 fully saturated rings. The topological polar surface area (TPSA) is 84.8 Å². The van der Waals surface area contributed by atoms with Crippen molar-refractivity contribution >= 4 is 16.6 Å². The smallest absolute Gasteiger partial charge is 0.258 e. The number of benzene rings is 1. The predicted molar refractivity (Wildman–Crippen MR) is 52.0 cm³/mol. The largest absolute Gasteiger partial charge is 0.271 e. The van der Waals surface area contributed by atoms with E-state index >= 15 is 0 Å². The van der Waals surface area contributed by atoms with E-state index in [-0.39, 0.29) is 12.2 Å². The summed E-state index contributed by atoms with van der Waals surface area (Å²) in [5.41, 5.74) is 0.605. The Hall–Kier alpha value is -2.42.